The van der Waals surface area contributed by atoms with E-state index in [0.29, 0.717) is 11.8 Å². The maximum atomic E-state index is 13.9. The summed E-state index contributed by atoms with van der Waals surface area (Å²) < 4.78 is 18.9. The number of nitrogens with one attached hydrogen (secondary N) is 1. The molecule has 1 aliphatic carbocycles. The van der Waals surface area contributed by atoms with E-state index in [1.165, 1.54) is 38.2 Å². The third-order valence-corrected chi connectivity index (χ3v) is 3.76. The number of benzene rings is 1. The van der Waals surface area contributed by atoms with Crippen molar-refractivity contribution in [3.05, 3.63) is 29.6 Å². The minimum atomic E-state index is -0.190. The molecule has 1 aliphatic rings. The molecule has 0 aliphatic heterocycles. The minimum Gasteiger partial charge on any atom is -0.497 e. The van der Waals surface area contributed by atoms with E-state index in [4.69, 9.17) is 4.74 Å². The van der Waals surface area contributed by atoms with E-state index in [1.807, 2.05) is 19.1 Å². The van der Waals surface area contributed by atoms with Gasteiger partial charge in [0.1, 0.15) is 11.6 Å². The van der Waals surface area contributed by atoms with Gasteiger partial charge in [0, 0.05) is 23.7 Å². The molecule has 1 aromatic rings. The fourth-order valence-corrected chi connectivity index (χ4v) is 2.70. The summed E-state index contributed by atoms with van der Waals surface area (Å²) in [5.41, 5.74) is 0.723. The van der Waals surface area contributed by atoms with Gasteiger partial charge in [-0.15, -0.1) is 0 Å². The van der Waals surface area contributed by atoms with E-state index in [9.17, 15) is 4.39 Å². The average molecular weight is 251 g/mol. The zero-order chi connectivity index (χ0) is 13.0. The van der Waals surface area contributed by atoms with Crippen LogP contribution in [0.25, 0.3) is 0 Å². The van der Waals surface area contributed by atoms with Gasteiger partial charge in [0.25, 0.3) is 0 Å². The van der Waals surface area contributed by atoms with Crippen LogP contribution in [0, 0.1) is 5.82 Å². The number of halogens is 1. The first kappa shape index (κ1) is 13.3. The van der Waals surface area contributed by atoms with Crippen LogP contribution < -0.4 is 10.1 Å². The molecule has 3 heteroatoms. The van der Waals surface area contributed by atoms with Crippen LogP contribution in [0.4, 0.5) is 4.39 Å². The number of rotatable bonds is 4. The number of hydrogen-bond donors (Lipinski definition) is 1. The molecule has 1 saturated carbocycles. The van der Waals surface area contributed by atoms with Gasteiger partial charge in [-0.1, -0.05) is 25.3 Å². The van der Waals surface area contributed by atoms with E-state index >= 15 is 0 Å². The van der Waals surface area contributed by atoms with E-state index in [0.717, 1.165) is 5.56 Å². The Bertz CT molecular complexity index is 388. The molecule has 1 fully saturated rings. The first-order chi connectivity index (χ1) is 8.70. The molecule has 0 bridgehead atoms. The quantitative estimate of drug-likeness (QED) is 0.878. The predicted octanol–water partition coefficient (Wildman–Crippen LogP) is 3.82. The third kappa shape index (κ3) is 3.22. The van der Waals surface area contributed by atoms with Gasteiger partial charge in [-0.3, -0.25) is 0 Å². The molecular formula is C15H22FNO. The summed E-state index contributed by atoms with van der Waals surface area (Å²) >= 11 is 0. The normalized spacial score (nSPS) is 18.6. The highest BCUT2D eigenvalue weighted by Crippen LogP contribution is 2.25. The standard InChI is InChI=1S/C15H22FNO/c1-11(17-12-6-4-3-5-7-12)14-9-8-13(18-2)10-15(14)16/h8-12,17H,3-7H2,1-2H3. The Balaban J connectivity index is 2.01. The highest BCUT2D eigenvalue weighted by molar-refractivity contribution is 5.30. The second-order valence-electron chi connectivity index (χ2n) is 5.11. The molecule has 100 valence electrons. The maximum Gasteiger partial charge on any atom is 0.131 e. The lowest BCUT2D eigenvalue weighted by molar-refractivity contribution is 0.342. The summed E-state index contributed by atoms with van der Waals surface area (Å²) in [7, 11) is 1.55. The largest absolute Gasteiger partial charge is 0.497 e. The summed E-state index contributed by atoms with van der Waals surface area (Å²) in [6.45, 7) is 2.03. The molecule has 2 nitrogen and oxygen atoms in total. The van der Waals surface area contributed by atoms with Crippen molar-refractivity contribution < 1.29 is 9.13 Å². The smallest absolute Gasteiger partial charge is 0.131 e. The van der Waals surface area contributed by atoms with Crippen LogP contribution in [0.3, 0.4) is 0 Å². The zero-order valence-electron chi connectivity index (χ0n) is 11.2. The first-order valence-electron chi connectivity index (χ1n) is 6.80. The van der Waals surface area contributed by atoms with E-state index < -0.39 is 0 Å². The van der Waals surface area contributed by atoms with Gasteiger partial charge in [-0.2, -0.15) is 0 Å². The summed E-state index contributed by atoms with van der Waals surface area (Å²) in [4.78, 5) is 0. The van der Waals surface area contributed by atoms with E-state index in [1.54, 1.807) is 7.11 Å². The van der Waals surface area contributed by atoms with Crippen molar-refractivity contribution in [1.29, 1.82) is 0 Å². The van der Waals surface area contributed by atoms with Crippen molar-refractivity contribution in [3.63, 3.8) is 0 Å². The fourth-order valence-electron chi connectivity index (χ4n) is 2.70. The molecule has 0 saturated heterocycles. The van der Waals surface area contributed by atoms with Crippen molar-refractivity contribution in [1.82, 2.24) is 5.32 Å². The van der Waals surface area contributed by atoms with Crippen LogP contribution in [0.2, 0.25) is 0 Å². The molecule has 0 spiro atoms. The Labute approximate surface area is 109 Å². The van der Waals surface area contributed by atoms with Gasteiger partial charge in [-0.05, 0) is 25.8 Å². The highest BCUT2D eigenvalue weighted by Gasteiger charge is 2.18. The minimum absolute atomic E-state index is 0.0546. The van der Waals surface area contributed by atoms with Gasteiger partial charge in [-0.25, -0.2) is 4.39 Å². The van der Waals surface area contributed by atoms with Crippen LogP contribution in [0.1, 0.15) is 50.6 Å². The average Bonchev–Trinajstić information content (AvgIpc) is 2.39. The number of ether oxygens (including phenoxy) is 1. The van der Waals surface area contributed by atoms with Gasteiger partial charge in [0.2, 0.25) is 0 Å². The molecule has 1 atom stereocenters. The molecule has 1 unspecified atom stereocenters. The number of hydrogen-bond acceptors (Lipinski definition) is 2. The Morgan fingerprint density at radius 2 is 2.00 bits per heavy atom. The molecular weight excluding hydrogens is 229 g/mol. The predicted molar refractivity (Wildman–Crippen MR) is 71.4 cm³/mol. The van der Waals surface area contributed by atoms with Crippen LogP contribution >= 0.6 is 0 Å². The molecule has 18 heavy (non-hydrogen) atoms. The Morgan fingerprint density at radius 3 is 2.61 bits per heavy atom. The van der Waals surface area contributed by atoms with E-state index in [2.05, 4.69) is 5.32 Å². The monoisotopic (exact) mass is 251 g/mol. The van der Waals surface area contributed by atoms with Crippen molar-refractivity contribution in [2.45, 2.75) is 51.1 Å². The highest BCUT2D eigenvalue weighted by atomic mass is 19.1. The van der Waals surface area contributed by atoms with Gasteiger partial charge >= 0.3 is 0 Å². The van der Waals surface area contributed by atoms with Crippen LogP contribution in [0.5, 0.6) is 5.75 Å². The lowest BCUT2D eigenvalue weighted by atomic mass is 9.94. The van der Waals surface area contributed by atoms with Crippen LogP contribution in [-0.2, 0) is 0 Å². The summed E-state index contributed by atoms with van der Waals surface area (Å²) in [6, 6.07) is 5.68. The Kier molecular flexibility index (Phi) is 4.59. The molecule has 1 N–H and O–H groups in total. The number of methoxy groups -OCH3 is 1. The fraction of sp³-hybridized carbons (Fsp3) is 0.600. The zero-order valence-corrected chi connectivity index (χ0v) is 11.2. The van der Waals surface area contributed by atoms with Gasteiger partial charge < -0.3 is 10.1 Å². The van der Waals surface area contributed by atoms with Crippen molar-refractivity contribution >= 4 is 0 Å². The van der Waals surface area contributed by atoms with Crippen molar-refractivity contribution in [3.8, 4) is 5.75 Å². The topological polar surface area (TPSA) is 21.3 Å². The maximum absolute atomic E-state index is 13.9. The summed E-state index contributed by atoms with van der Waals surface area (Å²) in [6.07, 6.45) is 6.33. The first-order valence-corrected chi connectivity index (χ1v) is 6.80. The second kappa shape index (κ2) is 6.19. The molecule has 0 heterocycles. The molecule has 0 aromatic heterocycles. The summed E-state index contributed by atoms with van der Waals surface area (Å²) in [5.74, 6) is 0.381. The molecule has 0 radical (unpaired) electrons. The van der Waals surface area contributed by atoms with Crippen LogP contribution in [-0.4, -0.2) is 13.2 Å². The Hall–Kier alpha value is -1.09. The van der Waals surface area contributed by atoms with Crippen molar-refractivity contribution in [2.24, 2.45) is 0 Å². The Morgan fingerprint density at radius 1 is 1.28 bits per heavy atom. The summed E-state index contributed by atoms with van der Waals surface area (Å²) in [5, 5.41) is 3.53. The van der Waals surface area contributed by atoms with Crippen LogP contribution in [0.15, 0.2) is 18.2 Å². The molecule has 0 amide bonds. The third-order valence-electron chi connectivity index (χ3n) is 3.76. The van der Waals surface area contributed by atoms with Crippen molar-refractivity contribution in [2.75, 3.05) is 7.11 Å². The second-order valence-corrected chi connectivity index (χ2v) is 5.11. The SMILES string of the molecule is COc1ccc(C(C)NC2CCCCC2)c(F)c1. The van der Waals surface area contributed by atoms with Gasteiger partial charge in [0.05, 0.1) is 7.11 Å². The lowest BCUT2D eigenvalue weighted by Gasteiger charge is -2.27. The van der Waals surface area contributed by atoms with E-state index in [-0.39, 0.29) is 11.9 Å². The molecule has 1 aromatic carbocycles. The molecule has 2 rings (SSSR count). The lowest BCUT2D eigenvalue weighted by Crippen LogP contribution is -2.33. The van der Waals surface area contributed by atoms with Gasteiger partial charge in [0.15, 0.2) is 0 Å².